The molecule has 7 heteroatoms. The molecule has 0 aromatic heterocycles. The Morgan fingerprint density at radius 2 is 2.10 bits per heavy atom. The second kappa shape index (κ2) is 6.44. The lowest BCUT2D eigenvalue weighted by Gasteiger charge is -2.18. The Balaban J connectivity index is 2.16. The minimum absolute atomic E-state index is 0.140. The van der Waals surface area contributed by atoms with Crippen molar-refractivity contribution in [2.24, 2.45) is 0 Å². The standard InChI is InChI=1S/C14H21N3O3S/c1-11-10-12(17-8-3-9-21(17,19)20)4-5-13(11)14(18)16-7-6-15-2/h4-5,10,15H,3,6-9H2,1-2H3,(H,16,18). The first-order chi connectivity index (χ1) is 9.95. The molecule has 1 fully saturated rings. The molecule has 0 radical (unpaired) electrons. The number of likely N-dealkylation sites (N-methyl/N-ethyl adjacent to an activating group) is 1. The molecule has 0 aliphatic carbocycles. The van der Waals surface area contributed by atoms with Crippen LogP contribution in [0.25, 0.3) is 0 Å². The topological polar surface area (TPSA) is 78.5 Å². The zero-order valence-corrected chi connectivity index (χ0v) is 13.2. The first-order valence-corrected chi connectivity index (χ1v) is 8.60. The van der Waals surface area contributed by atoms with Gasteiger partial charge in [0, 0.05) is 25.2 Å². The van der Waals surface area contributed by atoms with Gasteiger partial charge in [-0.3, -0.25) is 9.10 Å². The van der Waals surface area contributed by atoms with E-state index < -0.39 is 10.0 Å². The first kappa shape index (κ1) is 15.8. The third-order valence-electron chi connectivity index (χ3n) is 3.50. The highest BCUT2D eigenvalue weighted by Gasteiger charge is 2.28. The van der Waals surface area contributed by atoms with Crippen molar-refractivity contribution >= 4 is 21.6 Å². The third-order valence-corrected chi connectivity index (χ3v) is 5.37. The van der Waals surface area contributed by atoms with Gasteiger partial charge in [-0.05, 0) is 44.2 Å². The van der Waals surface area contributed by atoms with Crippen LogP contribution in [0.5, 0.6) is 0 Å². The maximum absolute atomic E-state index is 12.0. The number of sulfonamides is 1. The highest BCUT2D eigenvalue weighted by molar-refractivity contribution is 7.93. The predicted molar refractivity (Wildman–Crippen MR) is 83.2 cm³/mol. The van der Waals surface area contributed by atoms with Gasteiger partial charge in [-0.2, -0.15) is 0 Å². The predicted octanol–water partition coefficient (Wildman–Crippen LogP) is 0.484. The van der Waals surface area contributed by atoms with Gasteiger partial charge < -0.3 is 10.6 Å². The summed E-state index contributed by atoms with van der Waals surface area (Å²) in [4.78, 5) is 12.0. The van der Waals surface area contributed by atoms with E-state index in [1.807, 2.05) is 14.0 Å². The van der Waals surface area contributed by atoms with Crippen LogP contribution in [0.4, 0.5) is 5.69 Å². The van der Waals surface area contributed by atoms with Gasteiger partial charge in [-0.25, -0.2) is 8.42 Å². The number of amides is 1. The van der Waals surface area contributed by atoms with Gasteiger partial charge in [0.15, 0.2) is 0 Å². The van der Waals surface area contributed by atoms with E-state index in [0.29, 0.717) is 37.3 Å². The number of anilines is 1. The average Bonchev–Trinajstić information content (AvgIpc) is 2.78. The average molecular weight is 311 g/mol. The normalized spacial score (nSPS) is 17.0. The van der Waals surface area contributed by atoms with Crippen LogP contribution in [0.15, 0.2) is 18.2 Å². The van der Waals surface area contributed by atoms with Crippen LogP contribution >= 0.6 is 0 Å². The number of nitrogens with zero attached hydrogens (tertiary/aromatic N) is 1. The Morgan fingerprint density at radius 3 is 2.67 bits per heavy atom. The van der Waals surface area contributed by atoms with E-state index in [4.69, 9.17) is 0 Å². The van der Waals surface area contributed by atoms with Crippen molar-refractivity contribution in [3.05, 3.63) is 29.3 Å². The molecule has 116 valence electrons. The lowest BCUT2D eigenvalue weighted by Crippen LogP contribution is -2.31. The molecule has 0 unspecified atom stereocenters. The Bertz CT molecular complexity index is 628. The largest absolute Gasteiger partial charge is 0.351 e. The molecular formula is C14H21N3O3S. The highest BCUT2D eigenvalue weighted by atomic mass is 32.2. The number of benzene rings is 1. The summed E-state index contributed by atoms with van der Waals surface area (Å²) >= 11 is 0. The molecule has 1 amide bonds. The molecule has 6 nitrogen and oxygen atoms in total. The van der Waals surface area contributed by atoms with Crippen LogP contribution < -0.4 is 14.9 Å². The molecule has 1 aromatic carbocycles. The summed E-state index contributed by atoms with van der Waals surface area (Å²) < 4.78 is 25.2. The molecule has 1 aliphatic heterocycles. The molecule has 0 atom stereocenters. The monoisotopic (exact) mass is 311 g/mol. The number of hydrogen-bond acceptors (Lipinski definition) is 4. The first-order valence-electron chi connectivity index (χ1n) is 6.99. The van der Waals surface area contributed by atoms with Crippen LogP contribution in [0.3, 0.4) is 0 Å². The van der Waals surface area contributed by atoms with Gasteiger partial charge >= 0.3 is 0 Å². The van der Waals surface area contributed by atoms with E-state index in [0.717, 1.165) is 5.56 Å². The van der Waals surface area contributed by atoms with Crippen molar-refractivity contribution in [1.29, 1.82) is 0 Å². The number of aryl methyl sites for hydroxylation is 1. The Morgan fingerprint density at radius 1 is 1.33 bits per heavy atom. The fraction of sp³-hybridized carbons (Fsp3) is 0.500. The van der Waals surface area contributed by atoms with E-state index in [9.17, 15) is 13.2 Å². The highest BCUT2D eigenvalue weighted by Crippen LogP contribution is 2.26. The molecule has 1 aromatic rings. The molecule has 2 rings (SSSR count). The maximum atomic E-state index is 12.0. The van der Waals surface area contributed by atoms with Crippen LogP contribution in [-0.2, 0) is 10.0 Å². The molecular weight excluding hydrogens is 290 g/mol. The van der Waals surface area contributed by atoms with Gasteiger partial charge in [0.2, 0.25) is 10.0 Å². The molecule has 2 N–H and O–H groups in total. The van der Waals surface area contributed by atoms with Crippen molar-refractivity contribution in [3.8, 4) is 0 Å². The molecule has 1 saturated heterocycles. The third kappa shape index (κ3) is 3.54. The van der Waals surface area contributed by atoms with Crippen LogP contribution in [-0.4, -0.2) is 46.8 Å². The van der Waals surface area contributed by atoms with Crippen molar-refractivity contribution in [3.63, 3.8) is 0 Å². The van der Waals surface area contributed by atoms with Gasteiger partial charge in [-0.1, -0.05) is 0 Å². The van der Waals surface area contributed by atoms with Gasteiger partial charge in [0.25, 0.3) is 5.91 Å². The fourth-order valence-electron chi connectivity index (χ4n) is 2.38. The molecule has 0 bridgehead atoms. The van der Waals surface area contributed by atoms with Gasteiger partial charge in [0.05, 0.1) is 11.4 Å². The summed E-state index contributed by atoms with van der Waals surface area (Å²) in [5, 5.41) is 5.77. The number of carbonyl (C=O) groups is 1. The lowest BCUT2D eigenvalue weighted by molar-refractivity contribution is 0.0953. The second-order valence-electron chi connectivity index (χ2n) is 5.10. The Labute approximate surface area is 125 Å². The number of rotatable bonds is 5. The summed E-state index contributed by atoms with van der Waals surface area (Å²) in [5.74, 6) is 0.0526. The summed E-state index contributed by atoms with van der Waals surface area (Å²) in [6, 6.07) is 5.14. The smallest absolute Gasteiger partial charge is 0.251 e. The van der Waals surface area contributed by atoms with Gasteiger partial charge in [-0.15, -0.1) is 0 Å². The summed E-state index contributed by atoms with van der Waals surface area (Å²) in [5.41, 5.74) is 1.99. The molecule has 0 saturated carbocycles. The van der Waals surface area contributed by atoms with Crippen LogP contribution in [0, 0.1) is 6.92 Å². The Kier molecular flexibility index (Phi) is 4.84. The van der Waals surface area contributed by atoms with E-state index in [-0.39, 0.29) is 11.7 Å². The number of hydrogen-bond donors (Lipinski definition) is 2. The fourth-order valence-corrected chi connectivity index (χ4v) is 3.94. The van der Waals surface area contributed by atoms with Crippen LogP contribution in [0.1, 0.15) is 22.3 Å². The van der Waals surface area contributed by atoms with Crippen molar-refractivity contribution in [2.45, 2.75) is 13.3 Å². The van der Waals surface area contributed by atoms with E-state index in [1.54, 1.807) is 18.2 Å². The summed E-state index contributed by atoms with van der Waals surface area (Å²) in [6.45, 7) is 3.58. The zero-order valence-electron chi connectivity index (χ0n) is 12.3. The number of carbonyl (C=O) groups excluding carboxylic acids is 1. The quantitative estimate of drug-likeness (QED) is 0.776. The molecule has 1 heterocycles. The van der Waals surface area contributed by atoms with Gasteiger partial charge in [0.1, 0.15) is 0 Å². The molecule has 0 spiro atoms. The van der Waals surface area contributed by atoms with Crippen molar-refractivity contribution in [1.82, 2.24) is 10.6 Å². The van der Waals surface area contributed by atoms with E-state index >= 15 is 0 Å². The van der Waals surface area contributed by atoms with Crippen LogP contribution in [0.2, 0.25) is 0 Å². The van der Waals surface area contributed by atoms with E-state index in [2.05, 4.69) is 10.6 Å². The maximum Gasteiger partial charge on any atom is 0.251 e. The summed E-state index contributed by atoms with van der Waals surface area (Å²) in [7, 11) is -1.36. The minimum atomic E-state index is -3.18. The molecule has 21 heavy (non-hydrogen) atoms. The van der Waals surface area contributed by atoms with E-state index in [1.165, 1.54) is 4.31 Å². The SMILES string of the molecule is CNCCNC(=O)c1ccc(N2CCCS2(=O)=O)cc1C. The zero-order chi connectivity index (χ0) is 15.5. The lowest BCUT2D eigenvalue weighted by atomic mass is 10.1. The van der Waals surface area contributed by atoms with Crippen molar-refractivity contribution < 1.29 is 13.2 Å². The minimum Gasteiger partial charge on any atom is -0.351 e. The Hall–Kier alpha value is -1.60. The second-order valence-corrected chi connectivity index (χ2v) is 7.11. The summed E-state index contributed by atoms with van der Waals surface area (Å²) in [6.07, 6.45) is 0.646. The molecule has 1 aliphatic rings. The van der Waals surface area contributed by atoms with Crippen molar-refractivity contribution in [2.75, 3.05) is 36.7 Å². The number of nitrogens with one attached hydrogen (secondary N) is 2.